The molecule has 8 heteroatoms. The zero-order valence-corrected chi connectivity index (χ0v) is 19.6. The molecule has 1 amide bonds. The van der Waals surface area contributed by atoms with Crippen LogP contribution in [0.2, 0.25) is 0 Å². The molecular weight excluding hydrogens is 416 g/mol. The molecule has 172 valence electrons. The standard InChI is InChI=1S/C25H30N6O2/c1-17-21-10-11-23(32)31(14-18-7-5-9-20(13-18)33-4)25(21)29-22(28-17)16-30(3)15-19-8-6-12-27-24(19)26-2/h5-9,12-13H,10-11,14-16H2,1-4H3,(H,26,27). The van der Waals surface area contributed by atoms with Crippen LogP contribution in [-0.2, 0) is 30.8 Å². The molecule has 0 spiro atoms. The summed E-state index contributed by atoms with van der Waals surface area (Å²) < 4.78 is 5.34. The highest BCUT2D eigenvalue weighted by Crippen LogP contribution is 2.30. The molecule has 0 radical (unpaired) electrons. The number of nitrogens with zero attached hydrogens (tertiary/aromatic N) is 5. The van der Waals surface area contributed by atoms with Crippen LogP contribution in [0.15, 0.2) is 42.6 Å². The molecule has 1 aromatic carbocycles. The van der Waals surface area contributed by atoms with Gasteiger partial charge in [-0.25, -0.2) is 15.0 Å². The summed E-state index contributed by atoms with van der Waals surface area (Å²) >= 11 is 0. The number of pyridine rings is 1. The molecule has 1 N–H and O–H groups in total. The summed E-state index contributed by atoms with van der Waals surface area (Å²) in [5.41, 5.74) is 4.09. The summed E-state index contributed by atoms with van der Waals surface area (Å²) in [5, 5.41) is 3.13. The van der Waals surface area contributed by atoms with Gasteiger partial charge >= 0.3 is 0 Å². The second-order valence-electron chi connectivity index (χ2n) is 8.29. The number of anilines is 2. The van der Waals surface area contributed by atoms with Gasteiger partial charge in [-0.3, -0.25) is 14.6 Å². The fourth-order valence-corrected chi connectivity index (χ4v) is 4.21. The molecule has 1 aliphatic heterocycles. The molecule has 0 fully saturated rings. The Morgan fingerprint density at radius 1 is 1.15 bits per heavy atom. The molecule has 0 atom stereocenters. The van der Waals surface area contributed by atoms with E-state index in [0.29, 0.717) is 38.3 Å². The van der Waals surface area contributed by atoms with Crippen LogP contribution in [0, 0.1) is 6.92 Å². The van der Waals surface area contributed by atoms with E-state index in [-0.39, 0.29) is 5.91 Å². The molecule has 2 aromatic heterocycles. The van der Waals surface area contributed by atoms with Crippen LogP contribution in [0.3, 0.4) is 0 Å². The van der Waals surface area contributed by atoms with Crippen molar-refractivity contribution < 1.29 is 9.53 Å². The quantitative estimate of drug-likeness (QED) is 0.568. The number of nitrogens with one attached hydrogen (secondary N) is 1. The highest BCUT2D eigenvalue weighted by atomic mass is 16.5. The number of benzene rings is 1. The molecule has 0 aliphatic carbocycles. The van der Waals surface area contributed by atoms with Crippen molar-refractivity contribution in [3.8, 4) is 5.75 Å². The van der Waals surface area contributed by atoms with E-state index in [0.717, 1.165) is 39.8 Å². The van der Waals surface area contributed by atoms with Crippen LogP contribution in [0.1, 0.15) is 34.6 Å². The lowest BCUT2D eigenvalue weighted by atomic mass is 10.0. The molecule has 3 aromatic rings. The summed E-state index contributed by atoms with van der Waals surface area (Å²) in [4.78, 5) is 30.8. The predicted octanol–water partition coefficient (Wildman–Crippen LogP) is 3.34. The summed E-state index contributed by atoms with van der Waals surface area (Å²) in [6.45, 7) is 3.73. The van der Waals surface area contributed by atoms with Gasteiger partial charge in [0.2, 0.25) is 5.91 Å². The summed E-state index contributed by atoms with van der Waals surface area (Å²) in [7, 11) is 5.55. The van der Waals surface area contributed by atoms with Crippen molar-refractivity contribution in [1.82, 2.24) is 19.9 Å². The Kier molecular flexibility index (Phi) is 6.84. The van der Waals surface area contributed by atoms with E-state index in [9.17, 15) is 4.79 Å². The third-order valence-corrected chi connectivity index (χ3v) is 5.84. The minimum Gasteiger partial charge on any atom is -0.497 e. The summed E-state index contributed by atoms with van der Waals surface area (Å²) in [5.74, 6) is 3.14. The maximum atomic E-state index is 12.9. The zero-order chi connectivity index (χ0) is 23.4. The van der Waals surface area contributed by atoms with Crippen molar-refractivity contribution >= 4 is 17.5 Å². The molecule has 3 heterocycles. The van der Waals surface area contributed by atoms with Gasteiger partial charge in [0.1, 0.15) is 23.2 Å². The average Bonchev–Trinajstić information content (AvgIpc) is 2.81. The van der Waals surface area contributed by atoms with E-state index in [1.165, 1.54) is 0 Å². The second-order valence-corrected chi connectivity index (χ2v) is 8.29. The third-order valence-electron chi connectivity index (χ3n) is 5.84. The Bertz CT molecular complexity index is 1150. The Balaban J connectivity index is 1.58. The van der Waals surface area contributed by atoms with Crippen molar-refractivity contribution in [3.63, 3.8) is 0 Å². The van der Waals surface area contributed by atoms with Gasteiger partial charge in [0, 0.05) is 43.0 Å². The lowest BCUT2D eigenvalue weighted by molar-refractivity contribution is -0.119. The smallest absolute Gasteiger partial charge is 0.228 e. The van der Waals surface area contributed by atoms with Crippen molar-refractivity contribution in [3.05, 3.63) is 70.8 Å². The number of fused-ring (bicyclic) bond motifs is 1. The number of aromatic nitrogens is 3. The van der Waals surface area contributed by atoms with Gasteiger partial charge in [-0.2, -0.15) is 0 Å². The first-order chi connectivity index (χ1) is 16.0. The Morgan fingerprint density at radius 2 is 2.00 bits per heavy atom. The normalized spacial score (nSPS) is 13.2. The minimum absolute atomic E-state index is 0.0803. The van der Waals surface area contributed by atoms with Gasteiger partial charge in [0.15, 0.2) is 0 Å². The van der Waals surface area contributed by atoms with E-state index >= 15 is 0 Å². The molecule has 4 rings (SSSR count). The lowest BCUT2D eigenvalue weighted by Gasteiger charge is -2.30. The van der Waals surface area contributed by atoms with Gasteiger partial charge < -0.3 is 10.1 Å². The Morgan fingerprint density at radius 3 is 2.79 bits per heavy atom. The van der Waals surface area contributed by atoms with Gasteiger partial charge in [-0.05, 0) is 44.2 Å². The highest BCUT2D eigenvalue weighted by molar-refractivity contribution is 5.95. The fraction of sp³-hybridized carbons (Fsp3) is 0.360. The zero-order valence-electron chi connectivity index (χ0n) is 19.6. The molecule has 0 bridgehead atoms. The summed E-state index contributed by atoms with van der Waals surface area (Å²) in [6.07, 6.45) is 2.92. The van der Waals surface area contributed by atoms with Crippen LogP contribution >= 0.6 is 0 Å². The lowest BCUT2D eigenvalue weighted by Crippen LogP contribution is -2.36. The topological polar surface area (TPSA) is 83.5 Å². The fourth-order valence-electron chi connectivity index (χ4n) is 4.21. The number of ether oxygens (including phenoxy) is 1. The second kappa shape index (κ2) is 9.95. The third kappa shape index (κ3) is 5.12. The van der Waals surface area contributed by atoms with Crippen LogP contribution in [0.5, 0.6) is 5.75 Å². The molecule has 0 saturated heterocycles. The van der Waals surface area contributed by atoms with E-state index in [2.05, 4.69) is 21.3 Å². The molecule has 33 heavy (non-hydrogen) atoms. The number of rotatable bonds is 8. The van der Waals surface area contributed by atoms with Crippen LogP contribution in [0.25, 0.3) is 0 Å². The minimum atomic E-state index is 0.0803. The summed E-state index contributed by atoms with van der Waals surface area (Å²) in [6, 6.07) is 11.8. The van der Waals surface area contributed by atoms with Crippen LogP contribution in [0.4, 0.5) is 11.6 Å². The number of hydrogen-bond donors (Lipinski definition) is 1. The maximum Gasteiger partial charge on any atom is 0.228 e. The number of carbonyl (C=O) groups excluding carboxylic acids is 1. The van der Waals surface area contributed by atoms with E-state index < -0.39 is 0 Å². The van der Waals surface area contributed by atoms with E-state index in [1.54, 1.807) is 18.2 Å². The van der Waals surface area contributed by atoms with E-state index in [1.807, 2.05) is 51.4 Å². The van der Waals surface area contributed by atoms with Crippen molar-refractivity contribution in [2.45, 2.75) is 39.4 Å². The van der Waals surface area contributed by atoms with Crippen molar-refractivity contribution in [2.75, 3.05) is 31.4 Å². The first-order valence-corrected chi connectivity index (χ1v) is 11.1. The molecule has 8 nitrogen and oxygen atoms in total. The molecule has 0 saturated carbocycles. The number of carbonyl (C=O) groups is 1. The highest BCUT2D eigenvalue weighted by Gasteiger charge is 2.28. The first kappa shape index (κ1) is 22.7. The first-order valence-electron chi connectivity index (χ1n) is 11.1. The largest absolute Gasteiger partial charge is 0.497 e. The number of amides is 1. The van der Waals surface area contributed by atoms with Gasteiger partial charge in [0.25, 0.3) is 0 Å². The maximum absolute atomic E-state index is 12.9. The van der Waals surface area contributed by atoms with Gasteiger partial charge in [0.05, 0.1) is 20.2 Å². The number of hydrogen-bond acceptors (Lipinski definition) is 7. The van der Waals surface area contributed by atoms with Crippen LogP contribution in [-0.4, -0.2) is 47.0 Å². The molecular formula is C25H30N6O2. The predicted molar refractivity (Wildman–Crippen MR) is 128 cm³/mol. The van der Waals surface area contributed by atoms with Gasteiger partial charge in [-0.1, -0.05) is 18.2 Å². The van der Waals surface area contributed by atoms with E-state index in [4.69, 9.17) is 14.7 Å². The van der Waals surface area contributed by atoms with Crippen LogP contribution < -0.4 is 15.0 Å². The van der Waals surface area contributed by atoms with Crippen molar-refractivity contribution in [1.29, 1.82) is 0 Å². The molecule has 1 aliphatic rings. The van der Waals surface area contributed by atoms with Crippen molar-refractivity contribution in [2.24, 2.45) is 0 Å². The number of methoxy groups -OCH3 is 1. The number of aryl methyl sites for hydroxylation is 1. The monoisotopic (exact) mass is 446 g/mol. The SMILES string of the molecule is CNc1ncccc1CN(C)Cc1nc(C)c2c(n1)N(Cc1cccc(OC)c1)C(=O)CC2. The molecule has 0 unspecified atom stereocenters. The average molecular weight is 447 g/mol. The Hall–Kier alpha value is -3.52. The van der Waals surface area contributed by atoms with Gasteiger partial charge in [-0.15, -0.1) is 0 Å². The Labute approximate surface area is 194 Å².